The number of thioether (sulfide) groups is 1. The largest absolute Gasteiger partial charge is 0.306 e. The Balaban J connectivity index is 1.62. The van der Waals surface area contributed by atoms with Gasteiger partial charge in [0.25, 0.3) is 0 Å². The van der Waals surface area contributed by atoms with Gasteiger partial charge in [0, 0.05) is 23.5 Å². The summed E-state index contributed by atoms with van der Waals surface area (Å²) >= 11 is 4.03. The average Bonchev–Trinajstić information content (AvgIpc) is 3.38. The van der Waals surface area contributed by atoms with Gasteiger partial charge in [0.05, 0.1) is 17.4 Å². The Morgan fingerprint density at radius 3 is 2.71 bits per heavy atom. The predicted octanol–water partition coefficient (Wildman–Crippen LogP) is 2.82. The molecule has 3 aromatic heterocycles. The van der Waals surface area contributed by atoms with Crippen LogP contribution in [0, 0.1) is 6.92 Å². The molecule has 0 aromatic carbocycles. The van der Waals surface area contributed by atoms with E-state index in [9.17, 15) is 9.59 Å². The molecular formula is C16H19N7O2S3. The lowest BCUT2D eigenvalue weighted by atomic mass is 10.4. The number of thiazole rings is 2. The summed E-state index contributed by atoms with van der Waals surface area (Å²) in [6.07, 6.45) is 1.71. The van der Waals surface area contributed by atoms with E-state index >= 15 is 0 Å². The van der Waals surface area contributed by atoms with Gasteiger partial charge in [-0.15, -0.1) is 32.9 Å². The number of rotatable bonds is 8. The first-order valence-electron chi connectivity index (χ1n) is 8.47. The fraction of sp³-hybridized carbons (Fsp3) is 0.375. The molecule has 0 bridgehead atoms. The third-order valence-electron chi connectivity index (χ3n) is 3.61. The molecule has 3 aromatic rings. The molecule has 12 heteroatoms. The molecule has 2 N–H and O–H groups in total. The van der Waals surface area contributed by atoms with Gasteiger partial charge < -0.3 is 15.2 Å². The predicted molar refractivity (Wildman–Crippen MR) is 111 cm³/mol. The van der Waals surface area contributed by atoms with Crippen LogP contribution in [-0.4, -0.2) is 41.8 Å². The molecule has 1 atom stereocenters. The highest BCUT2D eigenvalue weighted by atomic mass is 32.2. The van der Waals surface area contributed by atoms with Crippen molar-refractivity contribution in [2.45, 2.75) is 44.1 Å². The molecule has 148 valence electrons. The minimum absolute atomic E-state index is 0.0833. The molecule has 3 rings (SSSR count). The summed E-state index contributed by atoms with van der Waals surface area (Å²) in [5, 5.41) is 18.8. The maximum atomic E-state index is 12.4. The fourth-order valence-corrected chi connectivity index (χ4v) is 4.44. The minimum atomic E-state index is -0.393. The molecule has 0 aliphatic rings. The summed E-state index contributed by atoms with van der Waals surface area (Å²) in [4.78, 5) is 32.9. The SMILES string of the molecule is CCn1c(CC(=O)Nc2nccs2)nnc1SC(C)C(=O)Nc1nc(C)cs1. The number of anilines is 2. The van der Waals surface area contributed by atoms with Crippen LogP contribution >= 0.6 is 34.4 Å². The van der Waals surface area contributed by atoms with Gasteiger partial charge >= 0.3 is 0 Å². The number of hydrogen-bond donors (Lipinski definition) is 2. The summed E-state index contributed by atoms with van der Waals surface area (Å²) in [7, 11) is 0. The molecular weight excluding hydrogens is 418 g/mol. The van der Waals surface area contributed by atoms with E-state index in [4.69, 9.17) is 0 Å². The van der Waals surface area contributed by atoms with Crippen LogP contribution in [0.3, 0.4) is 0 Å². The molecule has 0 aliphatic heterocycles. The maximum absolute atomic E-state index is 12.4. The first-order chi connectivity index (χ1) is 13.5. The van der Waals surface area contributed by atoms with Crippen molar-refractivity contribution in [1.82, 2.24) is 24.7 Å². The van der Waals surface area contributed by atoms with Gasteiger partial charge in [0.2, 0.25) is 11.8 Å². The van der Waals surface area contributed by atoms with Crippen LogP contribution in [0.25, 0.3) is 0 Å². The topological polar surface area (TPSA) is 115 Å². The second-order valence-corrected chi connectivity index (χ2v) is 8.81. The zero-order valence-corrected chi connectivity index (χ0v) is 18.0. The van der Waals surface area contributed by atoms with Crippen LogP contribution in [0.4, 0.5) is 10.3 Å². The van der Waals surface area contributed by atoms with E-state index < -0.39 is 5.25 Å². The van der Waals surface area contributed by atoms with Gasteiger partial charge in [-0.05, 0) is 20.8 Å². The lowest BCUT2D eigenvalue weighted by Gasteiger charge is -2.11. The molecule has 0 aliphatic carbocycles. The normalized spacial score (nSPS) is 12.0. The number of amides is 2. The molecule has 9 nitrogen and oxygen atoms in total. The molecule has 3 heterocycles. The average molecular weight is 438 g/mol. The highest BCUT2D eigenvalue weighted by Crippen LogP contribution is 2.24. The quantitative estimate of drug-likeness (QED) is 0.521. The standard InChI is InChI=1S/C16H19N7O2S3/c1-4-23-11(7-12(24)19-14-17-5-6-26-14)21-22-16(23)28-10(3)13(25)20-15-18-9(2)8-27-15/h5-6,8,10H,4,7H2,1-3H3,(H,17,19,24)(H,18,20,25). The minimum Gasteiger partial charge on any atom is -0.306 e. The van der Waals surface area contributed by atoms with Gasteiger partial charge in [-0.1, -0.05) is 11.8 Å². The van der Waals surface area contributed by atoms with Crippen molar-refractivity contribution in [1.29, 1.82) is 0 Å². The third-order valence-corrected chi connectivity index (χ3v) is 6.25. The van der Waals surface area contributed by atoms with Crippen LogP contribution < -0.4 is 10.6 Å². The van der Waals surface area contributed by atoms with Crippen LogP contribution in [0.2, 0.25) is 0 Å². The fourth-order valence-electron chi connectivity index (χ4n) is 2.28. The molecule has 2 amide bonds. The van der Waals surface area contributed by atoms with Gasteiger partial charge in [-0.25, -0.2) is 9.97 Å². The van der Waals surface area contributed by atoms with Crippen molar-refractivity contribution in [3.8, 4) is 0 Å². The molecule has 0 fully saturated rings. The molecule has 1 unspecified atom stereocenters. The molecule has 0 saturated heterocycles. The summed E-state index contributed by atoms with van der Waals surface area (Å²) in [6.45, 7) is 6.21. The van der Waals surface area contributed by atoms with Crippen LogP contribution in [0.1, 0.15) is 25.4 Å². The van der Waals surface area contributed by atoms with Gasteiger partial charge in [0.15, 0.2) is 15.4 Å². The van der Waals surface area contributed by atoms with Crippen molar-refractivity contribution in [2.24, 2.45) is 0 Å². The van der Waals surface area contributed by atoms with Gasteiger partial charge in [0.1, 0.15) is 5.82 Å². The smallest absolute Gasteiger partial charge is 0.239 e. The van der Waals surface area contributed by atoms with E-state index in [2.05, 4.69) is 30.8 Å². The van der Waals surface area contributed by atoms with E-state index in [1.165, 1.54) is 34.4 Å². The van der Waals surface area contributed by atoms with Crippen molar-refractivity contribution < 1.29 is 9.59 Å². The summed E-state index contributed by atoms with van der Waals surface area (Å²) in [5.41, 5.74) is 0.868. The van der Waals surface area contributed by atoms with Crippen molar-refractivity contribution in [3.05, 3.63) is 28.5 Å². The summed E-state index contributed by atoms with van der Waals surface area (Å²) in [5.74, 6) is 0.175. The second-order valence-electron chi connectivity index (χ2n) is 5.75. The number of aryl methyl sites for hydroxylation is 1. The molecule has 0 radical (unpaired) electrons. The highest BCUT2D eigenvalue weighted by Gasteiger charge is 2.21. The van der Waals surface area contributed by atoms with Crippen LogP contribution in [0.5, 0.6) is 0 Å². The van der Waals surface area contributed by atoms with Gasteiger partial charge in [-0.2, -0.15) is 0 Å². The second kappa shape index (κ2) is 9.26. The first-order valence-corrected chi connectivity index (χ1v) is 11.1. The monoisotopic (exact) mass is 437 g/mol. The van der Waals surface area contributed by atoms with E-state index in [0.717, 1.165) is 5.69 Å². The Kier molecular flexibility index (Phi) is 6.75. The lowest BCUT2D eigenvalue weighted by molar-refractivity contribution is -0.116. The van der Waals surface area contributed by atoms with E-state index in [-0.39, 0.29) is 18.2 Å². The van der Waals surface area contributed by atoms with Crippen LogP contribution in [-0.2, 0) is 22.6 Å². The first kappa shape index (κ1) is 20.4. The van der Waals surface area contributed by atoms with Crippen molar-refractivity contribution >= 4 is 56.5 Å². The zero-order chi connectivity index (χ0) is 20.1. The number of aromatic nitrogens is 5. The Morgan fingerprint density at radius 2 is 2.07 bits per heavy atom. The molecule has 0 spiro atoms. The summed E-state index contributed by atoms with van der Waals surface area (Å²) in [6, 6.07) is 0. The zero-order valence-electron chi connectivity index (χ0n) is 15.5. The van der Waals surface area contributed by atoms with Crippen LogP contribution in [0.15, 0.2) is 22.1 Å². The lowest BCUT2D eigenvalue weighted by Crippen LogP contribution is -2.23. The van der Waals surface area contributed by atoms with Crippen molar-refractivity contribution in [3.63, 3.8) is 0 Å². The molecule has 28 heavy (non-hydrogen) atoms. The Labute approximate surface area is 174 Å². The Hall–Kier alpha value is -2.31. The van der Waals surface area contributed by atoms with Gasteiger partial charge in [-0.3, -0.25) is 9.59 Å². The number of nitrogens with zero attached hydrogens (tertiary/aromatic N) is 5. The maximum Gasteiger partial charge on any atom is 0.239 e. The number of carbonyl (C=O) groups is 2. The highest BCUT2D eigenvalue weighted by molar-refractivity contribution is 8.00. The number of hydrogen-bond acceptors (Lipinski definition) is 9. The van der Waals surface area contributed by atoms with E-state index in [1.54, 1.807) is 18.5 Å². The number of nitrogens with one attached hydrogen (secondary N) is 2. The Bertz CT molecular complexity index is 952. The summed E-state index contributed by atoms with van der Waals surface area (Å²) < 4.78 is 1.84. The number of carbonyl (C=O) groups excluding carboxylic acids is 2. The molecule has 0 saturated carbocycles. The Morgan fingerprint density at radius 1 is 1.25 bits per heavy atom. The van der Waals surface area contributed by atoms with E-state index in [0.29, 0.717) is 27.8 Å². The van der Waals surface area contributed by atoms with E-state index in [1.807, 2.05) is 23.8 Å². The third kappa shape index (κ3) is 5.14. The van der Waals surface area contributed by atoms with Crippen molar-refractivity contribution in [2.75, 3.05) is 10.6 Å².